The third-order valence-electron chi connectivity index (χ3n) is 4.90. The number of aromatic nitrogens is 2. The molecule has 6 heteroatoms. The highest BCUT2D eigenvalue weighted by Gasteiger charge is 2.35. The van der Waals surface area contributed by atoms with Gasteiger partial charge in [0.1, 0.15) is 0 Å². The summed E-state index contributed by atoms with van der Waals surface area (Å²) in [4.78, 5) is 14.9. The van der Waals surface area contributed by atoms with Crippen molar-refractivity contribution in [2.75, 3.05) is 13.1 Å². The van der Waals surface area contributed by atoms with Crippen LogP contribution in [0.25, 0.3) is 5.69 Å². The average Bonchev–Trinajstić information content (AvgIpc) is 3.34. The van der Waals surface area contributed by atoms with Gasteiger partial charge in [-0.25, -0.2) is 4.68 Å². The molecule has 1 amide bonds. The number of hydrogen-bond donors (Lipinski definition) is 0. The van der Waals surface area contributed by atoms with Crippen molar-refractivity contribution in [1.82, 2.24) is 14.7 Å². The SMILES string of the molecule is C=C1CCN(C(=O)c2cnn(-c3ccc(Cl)cc3Cl)c2C2CC2)CC1. The van der Waals surface area contributed by atoms with Gasteiger partial charge in [-0.2, -0.15) is 5.10 Å². The Labute approximate surface area is 157 Å². The molecule has 1 aliphatic carbocycles. The molecule has 4 rings (SSSR count). The number of piperidine rings is 1. The minimum atomic E-state index is 0.0609. The number of halogens is 2. The van der Waals surface area contributed by atoms with Crippen LogP contribution in [-0.4, -0.2) is 33.7 Å². The Morgan fingerprint density at radius 2 is 1.92 bits per heavy atom. The third kappa shape index (κ3) is 3.21. The van der Waals surface area contributed by atoms with E-state index >= 15 is 0 Å². The minimum Gasteiger partial charge on any atom is -0.338 e. The number of carbonyl (C=O) groups is 1. The summed E-state index contributed by atoms with van der Waals surface area (Å²) >= 11 is 12.4. The van der Waals surface area contributed by atoms with E-state index in [1.54, 1.807) is 18.3 Å². The van der Waals surface area contributed by atoms with E-state index in [2.05, 4.69) is 11.7 Å². The third-order valence-corrected chi connectivity index (χ3v) is 5.43. The van der Waals surface area contributed by atoms with Crippen molar-refractivity contribution in [2.45, 2.75) is 31.6 Å². The molecule has 0 N–H and O–H groups in total. The zero-order valence-electron chi connectivity index (χ0n) is 13.8. The van der Waals surface area contributed by atoms with Crippen molar-refractivity contribution in [3.05, 3.63) is 57.9 Å². The van der Waals surface area contributed by atoms with Gasteiger partial charge in [-0.05, 0) is 43.9 Å². The van der Waals surface area contributed by atoms with Gasteiger partial charge in [0.05, 0.1) is 28.2 Å². The molecule has 2 fully saturated rings. The van der Waals surface area contributed by atoms with Crippen LogP contribution in [0.4, 0.5) is 0 Å². The van der Waals surface area contributed by atoms with E-state index in [0.29, 0.717) is 21.5 Å². The monoisotopic (exact) mass is 375 g/mol. The molecule has 0 radical (unpaired) electrons. The molecular weight excluding hydrogens is 357 g/mol. The molecule has 0 unspecified atom stereocenters. The zero-order chi connectivity index (χ0) is 17.6. The molecular formula is C19H19Cl2N3O. The highest BCUT2D eigenvalue weighted by atomic mass is 35.5. The van der Waals surface area contributed by atoms with E-state index in [-0.39, 0.29) is 5.91 Å². The van der Waals surface area contributed by atoms with Crippen molar-refractivity contribution in [3.8, 4) is 5.69 Å². The Kier molecular flexibility index (Phi) is 4.34. The number of likely N-dealkylation sites (tertiary alicyclic amines) is 1. The van der Waals surface area contributed by atoms with Crippen molar-refractivity contribution in [1.29, 1.82) is 0 Å². The van der Waals surface area contributed by atoms with Crippen LogP contribution >= 0.6 is 23.2 Å². The van der Waals surface area contributed by atoms with Crippen LogP contribution in [0.3, 0.4) is 0 Å². The lowest BCUT2D eigenvalue weighted by Crippen LogP contribution is -2.36. The van der Waals surface area contributed by atoms with E-state index in [4.69, 9.17) is 23.2 Å². The van der Waals surface area contributed by atoms with Crippen LogP contribution in [0, 0.1) is 0 Å². The van der Waals surface area contributed by atoms with Crippen molar-refractivity contribution in [2.24, 2.45) is 0 Å². The Morgan fingerprint density at radius 1 is 1.20 bits per heavy atom. The van der Waals surface area contributed by atoms with Crippen LogP contribution in [-0.2, 0) is 0 Å². The van der Waals surface area contributed by atoms with Crippen LogP contribution in [0.2, 0.25) is 10.0 Å². The maximum Gasteiger partial charge on any atom is 0.257 e. The fraction of sp³-hybridized carbons (Fsp3) is 0.368. The lowest BCUT2D eigenvalue weighted by atomic mass is 10.0. The summed E-state index contributed by atoms with van der Waals surface area (Å²) in [6.07, 6.45) is 5.59. The second-order valence-electron chi connectivity index (χ2n) is 6.77. The topological polar surface area (TPSA) is 38.1 Å². The van der Waals surface area contributed by atoms with E-state index in [9.17, 15) is 4.79 Å². The minimum absolute atomic E-state index is 0.0609. The van der Waals surface area contributed by atoms with E-state index < -0.39 is 0 Å². The smallest absolute Gasteiger partial charge is 0.257 e. The molecule has 25 heavy (non-hydrogen) atoms. The summed E-state index contributed by atoms with van der Waals surface area (Å²) in [5.74, 6) is 0.429. The standard InChI is InChI=1S/C19H19Cl2N3O/c1-12-6-8-23(9-7-12)19(25)15-11-22-24(18(15)13-2-3-13)17-5-4-14(20)10-16(17)21/h4-5,10-11,13H,1-3,6-9H2. The van der Waals surface area contributed by atoms with Crippen LogP contribution in [0.5, 0.6) is 0 Å². The van der Waals surface area contributed by atoms with Crippen LogP contribution in [0.15, 0.2) is 36.5 Å². The number of rotatable bonds is 3. The van der Waals surface area contributed by atoms with Gasteiger partial charge < -0.3 is 4.90 Å². The summed E-state index contributed by atoms with van der Waals surface area (Å²) in [7, 11) is 0. The molecule has 1 aliphatic heterocycles. The summed E-state index contributed by atoms with van der Waals surface area (Å²) in [5.41, 5.74) is 3.65. The first-order valence-corrected chi connectivity index (χ1v) is 9.29. The molecule has 130 valence electrons. The van der Waals surface area contributed by atoms with Crippen molar-refractivity contribution >= 4 is 29.1 Å². The largest absolute Gasteiger partial charge is 0.338 e. The number of amides is 1. The number of benzene rings is 1. The maximum atomic E-state index is 13.0. The summed E-state index contributed by atoms with van der Waals surface area (Å²) < 4.78 is 1.81. The molecule has 1 saturated carbocycles. The molecule has 1 aromatic heterocycles. The van der Waals surface area contributed by atoms with E-state index in [1.165, 1.54) is 5.57 Å². The second kappa shape index (κ2) is 6.50. The highest BCUT2D eigenvalue weighted by molar-refractivity contribution is 6.35. The molecule has 4 nitrogen and oxygen atoms in total. The molecule has 2 aromatic rings. The van der Waals surface area contributed by atoms with Gasteiger partial charge in [-0.15, -0.1) is 0 Å². The van der Waals surface area contributed by atoms with Crippen LogP contribution < -0.4 is 0 Å². The Hall–Kier alpha value is -1.78. The Balaban J connectivity index is 1.71. The summed E-state index contributed by atoms with van der Waals surface area (Å²) in [6, 6.07) is 5.34. The first-order chi connectivity index (χ1) is 12.0. The lowest BCUT2D eigenvalue weighted by Gasteiger charge is -2.28. The molecule has 0 spiro atoms. The lowest BCUT2D eigenvalue weighted by molar-refractivity contribution is 0.0742. The molecule has 2 aliphatic rings. The van der Waals surface area contributed by atoms with E-state index in [0.717, 1.165) is 50.2 Å². The van der Waals surface area contributed by atoms with E-state index in [1.807, 2.05) is 15.6 Å². The van der Waals surface area contributed by atoms with Gasteiger partial charge in [0, 0.05) is 24.0 Å². The van der Waals surface area contributed by atoms with Gasteiger partial charge >= 0.3 is 0 Å². The maximum absolute atomic E-state index is 13.0. The fourth-order valence-corrected chi connectivity index (χ4v) is 3.80. The molecule has 2 heterocycles. The zero-order valence-corrected chi connectivity index (χ0v) is 15.4. The summed E-state index contributed by atoms with van der Waals surface area (Å²) in [5, 5.41) is 5.61. The van der Waals surface area contributed by atoms with Crippen molar-refractivity contribution < 1.29 is 4.79 Å². The molecule has 0 bridgehead atoms. The number of nitrogens with zero attached hydrogens (tertiary/aromatic N) is 3. The van der Waals surface area contributed by atoms with Crippen LogP contribution in [0.1, 0.15) is 47.7 Å². The molecule has 0 atom stereocenters. The van der Waals surface area contributed by atoms with Gasteiger partial charge in [0.25, 0.3) is 5.91 Å². The second-order valence-corrected chi connectivity index (χ2v) is 7.61. The quantitative estimate of drug-likeness (QED) is 0.719. The average molecular weight is 376 g/mol. The van der Waals surface area contributed by atoms with Crippen molar-refractivity contribution in [3.63, 3.8) is 0 Å². The first kappa shape index (κ1) is 16.7. The number of hydrogen-bond acceptors (Lipinski definition) is 2. The van der Waals surface area contributed by atoms with Gasteiger partial charge in [0.2, 0.25) is 0 Å². The predicted molar refractivity (Wildman–Crippen MR) is 99.8 cm³/mol. The van der Waals surface area contributed by atoms with Gasteiger partial charge in [-0.1, -0.05) is 35.4 Å². The number of carbonyl (C=O) groups excluding carboxylic acids is 1. The molecule has 1 aromatic carbocycles. The van der Waals surface area contributed by atoms with Gasteiger partial charge in [-0.3, -0.25) is 4.79 Å². The Bertz CT molecular complexity index is 844. The first-order valence-electron chi connectivity index (χ1n) is 8.54. The predicted octanol–water partition coefficient (Wildman–Crippen LogP) is 4.85. The highest BCUT2D eigenvalue weighted by Crippen LogP contribution is 2.43. The summed E-state index contributed by atoms with van der Waals surface area (Å²) in [6.45, 7) is 5.48. The normalized spacial score (nSPS) is 17.8. The van der Waals surface area contributed by atoms with Gasteiger partial charge in [0.15, 0.2) is 0 Å². The molecule has 1 saturated heterocycles. The Morgan fingerprint density at radius 3 is 2.56 bits per heavy atom. The fourth-order valence-electron chi connectivity index (χ4n) is 3.31.